The summed E-state index contributed by atoms with van der Waals surface area (Å²) in [6.45, 7) is 6.10. The van der Waals surface area contributed by atoms with Crippen LogP contribution in [0.1, 0.15) is 38.9 Å². The Bertz CT molecular complexity index is 418. The van der Waals surface area contributed by atoms with Crippen LogP contribution in [-0.2, 0) is 4.79 Å². The summed E-state index contributed by atoms with van der Waals surface area (Å²) in [5.41, 5.74) is 1.76. The second-order valence-corrected chi connectivity index (χ2v) is 5.06. The maximum atomic E-state index is 11.8. The van der Waals surface area contributed by atoms with E-state index >= 15 is 0 Å². The molecule has 0 aliphatic carbocycles. The minimum atomic E-state index is -0.494. The highest BCUT2D eigenvalue weighted by molar-refractivity contribution is 5.81. The standard InChI is InChI=1S/C15H24N2O2/c1-5-14(18)12-8-6-7-9-13(12)17(4)10-15(19)16-11(2)3/h6-9,11,14,18H,5,10H2,1-4H3,(H,16,19)/t14-/m0/s1. The van der Waals surface area contributed by atoms with Crippen LogP contribution in [0.5, 0.6) is 0 Å². The molecule has 1 aromatic carbocycles. The zero-order valence-electron chi connectivity index (χ0n) is 12.2. The third-order valence-electron chi connectivity index (χ3n) is 2.92. The normalized spacial score (nSPS) is 12.3. The molecular formula is C15H24N2O2. The topological polar surface area (TPSA) is 52.6 Å². The predicted octanol–water partition coefficient (Wildman–Crippen LogP) is 2.09. The summed E-state index contributed by atoms with van der Waals surface area (Å²) in [5, 5.41) is 12.9. The summed E-state index contributed by atoms with van der Waals surface area (Å²) in [4.78, 5) is 13.6. The van der Waals surface area contributed by atoms with E-state index in [2.05, 4.69) is 5.32 Å². The highest BCUT2D eigenvalue weighted by atomic mass is 16.3. The van der Waals surface area contributed by atoms with Gasteiger partial charge in [0.1, 0.15) is 0 Å². The van der Waals surface area contributed by atoms with Crippen molar-refractivity contribution in [3.8, 4) is 0 Å². The number of para-hydroxylation sites is 1. The third kappa shape index (κ3) is 4.56. The number of aliphatic hydroxyl groups excluding tert-OH is 1. The van der Waals surface area contributed by atoms with Crippen molar-refractivity contribution < 1.29 is 9.90 Å². The van der Waals surface area contributed by atoms with Crippen LogP contribution >= 0.6 is 0 Å². The van der Waals surface area contributed by atoms with Crippen molar-refractivity contribution in [2.75, 3.05) is 18.5 Å². The van der Waals surface area contributed by atoms with Gasteiger partial charge in [0.25, 0.3) is 0 Å². The highest BCUT2D eigenvalue weighted by Gasteiger charge is 2.15. The van der Waals surface area contributed by atoms with Crippen LogP contribution < -0.4 is 10.2 Å². The molecule has 4 nitrogen and oxygen atoms in total. The zero-order valence-corrected chi connectivity index (χ0v) is 12.2. The van der Waals surface area contributed by atoms with Crippen LogP contribution in [0.25, 0.3) is 0 Å². The number of anilines is 1. The first-order valence-corrected chi connectivity index (χ1v) is 6.73. The lowest BCUT2D eigenvalue weighted by Gasteiger charge is -2.24. The lowest BCUT2D eigenvalue weighted by molar-refractivity contribution is -0.120. The van der Waals surface area contributed by atoms with Gasteiger partial charge in [0.05, 0.1) is 12.6 Å². The van der Waals surface area contributed by atoms with Gasteiger partial charge in [0, 0.05) is 24.3 Å². The van der Waals surface area contributed by atoms with Crippen molar-refractivity contribution in [1.82, 2.24) is 5.32 Å². The van der Waals surface area contributed by atoms with Gasteiger partial charge in [-0.15, -0.1) is 0 Å². The monoisotopic (exact) mass is 264 g/mol. The number of hydrogen-bond acceptors (Lipinski definition) is 3. The molecule has 1 atom stereocenters. The van der Waals surface area contributed by atoms with Gasteiger partial charge in [0.15, 0.2) is 0 Å². The van der Waals surface area contributed by atoms with E-state index in [1.807, 2.05) is 57.0 Å². The minimum Gasteiger partial charge on any atom is -0.388 e. The second kappa shape index (κ2) is 7.14. The van der Waals surface area contributed by atoms with Crippen LogP contribution in [0.2, 0.25) is 0 Å². The number of benzene rings is 1. The Morgan fingerprint density at radius 3 is 2.58 bits per heavy atom. The summed E-state index contributed by atoms with van der Waals surface area (Å²) in [6.07, 6.45) is 0.162. The van der Waals surface area contributed by atoms with Crippen LogP contribution in [0, 0.1) is 0 Å². The molecule has 0 saturated heterocycles. The summed E-state index contributed by atoms with van der Waals surface area (Å²) >= 11 is 0. The number of likely N-dealkylation sites (N-methyl/N-ethyl adjacent to an activating group) is 1. The molecule has 0 aliphatic heterocycles. The van der Waals surface area contributed by atoms with E-state index in [1.54, 1.807) is 0 Å². The number of carbonyl (C=O) groups excluding carboxylic acids is 1. The van der Waals surface area contributed by atoms with Crippen molar-refractivity contribution in [3.63, 3.8) is 0 Å². The fourth-order valence-electron chi connectivity index (χ4n) is 2.01. The van der Waals surface area contributed by atoms with Gasteiger partial charge < -0.3 is 15.3 Å². The van der Waals surface area contributed by atoms with Gasteiger partial charge >= 0.3 is 0 Å². The van der Waals surface area contributed by atoms with Crippen molar-refractivity contribution in [3.05, 3.63) is 29.8 Å². The van der Waals surface area contributed by atoms with E-state index in [0.717, 1.165) is 11.3 Å². The number of nitrogens with one attached hydrogen (secondary N) is 1. The maximum Gasteiger partial charge on any atom is 0.239 e. The first kappa shape index (κ1) is 15.5. The lowest BCUT2D eigenvalue weighted by atomic mass is 10.0. The largest absolute Gasteiger partial charge is 0.388 e. The molecule has 0 unspecified atom stereocenters. The number of nitrogens with zero attached hydrogens (tertiary/aromatic N) is 1. The third-order valence-corrected chi connectivity index (χ3v) is 2.92. The Kier molecular flexibility index (Phi) is 5.83. The molecule has 1 amide bonds. The van der Waals surface area contributed by atoms with Gasteiger partial charge in [-0.1, -0.05) is 25.1 Å². The van der Waals surface area contributed by atoms with Gasteiger partial charge in [0.2, 0.25) is 5.91 Å². The smallest absolute Gasteiger partial charge is 0.239 e. The number of aliphatic hydroxyl groups is 1. The van der Waals surface area contributed by atoms with Crippen molar-refractivity contribution in [2.45, 2.75) is 39.3 Å². The summed E-state index contributed by atoms with van der Waals surface area (Å²) in [5.74, 6) is -0.0155. The summed E-state index contributed by atoms with van der Waals surface area (Å²) in [7, 11) is 1.86. The summed E-state index contributed by atoms with van der Waals surface area (Å²) < 4.78 is 0. The Hall–Kier alpha value is -1.55. The van der Waals surface area contributed by atoms with E-state index in [0.29, 0.717) is 6.42 Å². The number of rotatable bonds is 6. The van der Waals surface area contributed by atoms with E-state index in [4.69, 9.17) is 0 Å². The quantitative estimate of drug-likeness (QED) is 0.827. The van der Waals surface area contributed by atoms with E-state index in [9.17, 15) is 9.90 Å². The van der Waals surface area contributed by atoms with Gasteiger partial charge in [-0.3, -0.25) is 4.79 Å². The Labute approximate surface area is 115 Å². The molecule has 0 bridgehead atoms. The lowest BCUT2D eigenvalue weighted by Crippen LogP contribution is -2.38. The molecule has 2 N–H and O–H groups in total. The summed E-state index contributed by atoms with van der Waals surface area (Å²) in [6, 6.07) is 7.78. The highest BCUT2D eigenvalue weighted by Crippen LogP contribution is 2.27. The van der Waals surface area contributed by atoms with Crippen LogP contribution in [0.4, 0.5) is 5.69 Å². The molecule has 0 saturated carbocycles. The molecule has 0 aliphatic rings. The van der Waals surface area contributed by atoms with Crippen LogP contribution in [0.15, 0.2) is 24.3 Å². The number of amides is 1. The molecule has 0 fully saturated rings. The van der Waals surface area contributed by atoms with Gasteiger partial charge in [-0.05, 0) is 26.3 Å². The average molecular weight is 264 g/mol. The van der Waals surface area contributed by atoms with E-state index < -0.39 is 6.10 Å². The Morgan fingerprint density at radius 1 is 1.37 bits per heavy atom. The molecular weight excluding hydrogens is 240 g/mol. The molecule has 19 heavy (non-hydrogen) atoms. The predicted molar refractivity (Wildman–Crippen MR) is 78.2 cm³/mol. The number of carbonyl (C=O) groups is 1. The minimum absolute atomic E-state index is 0.0155. The zero-order chi connectivity index (χ0) is 14.4. The van der Waals surface area contributed by atoms with Crippen molar-refractivity contribution in [2.24, 2.45) is 0 Å². The molecule has 106 valence electrons. The van der Waals surface area contributed by atoms with E-state index in [1.165, 1.54) is 0 Å². The van der Waals surface area contributed by atoms with E-state index in [-0.39, 0.29) is 18.5 Å². The maximum absolute atomic E-state index is 11.8. The van der Waals surface area contributed by atoms with Crippen molar-refractivity contribution >= 4 is 11.6 Å². The molecule has 1 aromatic rings. The molecule has 0 radical (unpaired) electrons. The molecule has 4 heteroatoms. The fraction of sp³-hybridized carbons (Fsp3) is 0.533. The van der Waals surface area contributed by atoms with Crippen LogP contribution in [0.3, 0.4) is 0 Å². The molecule has 1 rings (SSSR count). The molecule has 0 spiro atoms. The molecule has 0 aromatic heterocycles. The second-order valence-electron chi connectivity index (χ2n) is 5.06. The molecule has 0 heterocycles. The van der Waals surface area contributed by atoms with Gasteiger partial charge in [-0.2, -0.15) is 0 Å². The number of hydrogen-bond donors (Lipinski definition) is 2. The first-order chi connectivity index (χ1) is 8.95. The van der Waals surface area contributed by atoms with Crippen molar-refractivity contribution in [1.29, 1.82) is 0 Å². The van der Waals surface area contributed by atoms with Gasteiger partial charge in [-0.25, -0.2) is 0 Å². The Balaban J connectivity index is 2.82. The van der Waals surface area contributed by atoms with Crippen LogP contribution in [-0.4, -0.2) is 30.6 Å². The average Bonchev–Trinajstić information content (AvgIpc) is 2.36. The fourth-order valence-corrected chi connectivity index (χ4v) is 2.01. The Morgan fingerprint density at radius 2 is 2.00 bits per heavy atom. The first-order valence-electron chi connectivity index (χ1n) is 6.73. The SMILES string of the molecule is CC[C@H](O)c1ccccc1N(C)CC(=O)NC(C)C.